The summed E-state index contributed by atoms with van der Waals surface area (Å²) in [5.41, 5.74) is 0. The smallest absolute Gasteiger partial charge is 0.180 e. The van der Waals surface area contributed by atoms with Gasteiger partial charge in [-0.1, -0.05) is 12.2 Å². The van der Waals surface area contributed by atoms with Gasteiger partial charge < -0.3 is 9.73 Å². The molecule has 1 rings (SSSR count). The van der Waals surface area contributed by atoms with E-state index in [0.29, 0.717) is 0 Å². The van der Waals surface area contributed by atoms with Gasteiger partial charge in [-0.2, -0.15) is 0 Å². The fraction of sp³-hybridized carbons (Fsp3) is 0.444. The zero-order valence-corrected chi connectivity index (χ0v) is 7.29. The number of nitrogens with one attached hydrogen (secondary N) is 1. The third-order valence-electron chi connectivity index (χ3n) is 1.51. The van der Waals surface area contributed by atoms with Crippen molar-refractivity contribution in [3.63, 3.8) is 0 Å². The monoisotopic (exact) mass is 166 g/mol. The van der Waals surface area contributed by atoms with E-state index in [1.807, 2.05) is 6.92 Å². The summed E-state index contributed by atoms with van der Waals surface area (Å²) in [6, 6.07) is 0. The molecule has 3 nitrogen and oxygen atoms in total. The van der Waals surface area contributed by atoms with Gasteiger partial charge in [0.1, 0.15) is 5.76 Å². The van der Waals surface area contributed by atoms with E-state index in [0.717, 1.165) is 25.3 Å². The lowest BCUT2D eigenvalue weighted by Gasteiger charge is -1.97. The molecule has 0 aliphatic rings. The van der Waals surface area contributed by atoms with Gasteiger partial charge in [-0.05, 0) is 19.9 Å². The first-order chi connectivity index (χ1) is 5.93. The highest BCUT2D eigenvalue weighted by Crippen LogP contribution is 1.94. The van der Waals surface area contributed by atoms with Crippen molar-refractivity contribution in [2.24, 2.45) is 0 Å². The topological polar surface area (TPSA) is 38.1 Å². The first kappa shape index (κ1) is 9.00. The standard InChI is InChI=1S/C9H14N2O/c1-2-3-4-5-10-6-9-7-11-8-12-9/h2-3,7-8,10H,4-6H2,1H3/b3-2+. The second-order valence-corrected chi connectivity index (χ2v) is 2.50. The molecule has 0 saturated heterocycles. The van der Waals surface area contributed by atoms with Crippen molar-refractivity contribution in [3.05, 3.63) is 30.5 Å². The second kappa shape index (κ2) is 5.55. The molecule has 0 saturated carbocycles. The third kappa shape index (κ3) is 3.34. The van der Waals surface area contributed by atoms with Gasteiger partial charge >= 0.3 is 0 Å². The number of hydrogen-bond acceptors (Lipinski definition) is 3. The minimum Gasteiger partial charge on any atom is -0.447 e. The summed E-state index contributed by atoms with van der Waals surface area (Å²) in [5.74, 6) is 0.885. The molecule has 0 aliphatic carbocycles. The van der Waals surface area contributed by atoms with Crippen LogP contribution in [0.25, 0.3) is 0 Å². The van der Waals surface area contributed by atoms with Crippen molar-refractivity contribution < 1.29 is 4.42 Å². The van der Waals surface area contributed by atoms with E-state index in [1.165, 1.54) is 6.39 Å². The molecule has 0 aromatic carbocycles. The largest absolute Gasteiger partial charge is 0.447 e. The Hall–Kier alpha value is -1.09. The lowest BCUT2D eigenvalue weighted by atomic mass is 10.4. The van der Waals surface area contributed by atoms with Crippen LogP contribution in [0.5, 0.6) is 0 Å². The summed E-state index contributed by atoms with van der Waals surface area (Å²) in [6.07, 6.45) is 8.42. The summed E-state index contributed by atoms with van der Waals surface area (Å²) in [6.45, 7) is 3.76. The Kier molecular flexibility index (Phi) is 4.16. The predicted octanol–water partition coefficient (Wildman–Crippen LogP) is 1.73. The molecule has 0 fully saturated rings. The molecule has 1 heterocycles. The summed E-state index contributed by atoms with van der Waals surface area (Å²) >= 11 is 0. The minimum atomic E-state index is 0.761. The average molecular weight is 166 g/mol. The van der Waals surface area contributed by atoms with Gasteiger partial charge in [0, 0.05) is 0 Å². The van der Waals surface area contributed by atoms with Crippen molar-refractivity contribution in [1.29, 1.82) is 0 Å². The van der Waals surface area contributed by atoms with E-state index in [1.54, 1.807) is 6.20 Å². The SMILES string of the molecule is C/C=C/CCNCc1cnco1. The molecule has 0 spiro atoms. The van der Waals surface area contributed by atoms with E-state index in [2.05, 4.69) is 22.5 Å². The van der Waals surface area contributed by atoms with Crippen molar-refractivity contribution in [1.82, 2.24) is 10.3 Å². The van der Waals surface area contributed by atoms with Crippen molar-refractivity contribution in [3.8, 4) is 0 Å². The lowest BCUT2D eigenvalue weighted by Crippen LogP contribution is -2.13. The number of hydrogen-bond donors (Lipinski definition) is 1. The lowest BCUT2D eigenvalue weighted by molar-refractivity contribution is 0.481. The van der Waals surface area contributed by atoms with E-state index in [9.17, 15) is 0 Å². The Morgan fingerprint density at radius 2 is 2.58 bits per heavy atom. The maximum absolute atomic E-state index is 5.05. The summed E-state index contributed by atoms with van der Waals surface area (Å²) < 4.78 is 5.05. The molecular weight excluding hydrogens is 152 g/mol. The van der Waals surface area contributed by atoms with Gasteiger partial charge in [0.25, 0.3) is 0 Å². The zero-order valence-electron chi connectivity index (χ0n) is 7.29. The number of allylic oxidation sites excluding steroid dienone is 1. The molecule has 0 atom stereocenters. The summed E-state index contributed by atoms with van der Waals surface area (Å²) in [5, 5.41) is 3.24. The molecule has 66 valence electrons. The first-order valence-electron chi connectivity index (χ1n) is 4.12. The predicted molar refractivity (Wildman–Crippen MR) is 47.6 cm³/mol. The highest BCUT2D eigenvalue weighted by molar-refractivity contribution is 4.87. The van der Waals surface area contributed by atoms with Crippen molar-refractivity contribution >= 4 is 0 Å². The molecule has 0 radical (unpaired) electrons. The number of oxazole rings is 1. The van der Waals surface area contributed by atoms with Crippen LogP contribution in [0.4, 0.5) is 0 Å². The van der Waals surface area contributed by atoms with Crippen LogP contribution in [0.1, 0.15) is 19.1 Å². The maximum Gasteiger partial charge on any atom is 0.180 e. The van der Waals surface area contributed by atoms with Crippen molar-refractivity contribution in [2.75, 3.05) is 6.54 Å². The van der Waals surface area contributed by atoms with Gasteiger partial charge in [-0.25, -0.2) is 4.98 Å². The maximum atomic E-state index is 5.05. The normalized spacial score (nSPS) is 11.1. The molecule has 1 aromatic heterocycles. The Morgan fingerprint density at radius 1 is 1.67 bits per heavy atom. The minimum absolute atomic E-state index is 0.761. The van der Waals surface area contributed by atoms with E-state index >= 15 is 0 Å². The Labute approximate surface area is 72.5 Å². The van der Waals surface area contributed by atoms with Crippen LogP contribution in [-0.2, 0) is 6.54 Å². The quantitative estimate of drug-likeness (QED) is 0.534. The Bertz CT molecular complexity index is 216. The van der Waals surface area contributed by atoms with Crippen LogP contribution in [0, 0.1) is 0 Å². The molecule has 1 aromatic rings. The Balaban J connectivity index is 2.03. The highest BCUT2D eigenvalue weighted by Gasteiger charge is 1.92. The van der Waals surface area contributed by atoms with E-state index < -0.39 is 0 Å². The molecule has 1 N–H and O–H groups in total. The van der Waals surface area contributed by atoms with Crippen LogP contribution in [0.15, 0.2) is 29.2 Å². The van der Waals surface area contributed by atoms with Crippen LogP contribution < -0.4 is 5.32 Å². The van der Waals surface area contributed by atoms with Crippen LogP contribution in [-0.4, -0.2) is 11.5 Å². The fourth-order valence-electron chi connectivity index (χ4n) is 0.893. The molecule has 0 bridgehead atoms. The number of nitrogens with zero attached hydrogens (tertiary/aromatic N) is 1. The van der Waals surface area contributed by atoms with E-state index in [-0.39, 0.29) is 0 Å². The molecule has 12 heavy (non-hydrogen) atoms. The summed E-state index contributed by atoms with van der Waals surface area (Å²) in [4.78, 5) is 3.82. The molecule has 3 heteroatoms. The van der Waals surface area contributed by atoms with Gasteiger partial charge in [0.2, 0.25) is 0 Å². The first-order valence-corrected chi connectivity index (χ1v) is 4.12. The van der Waals surface area contributed by atoms with Crippen LogP contribution >= 0.6 is 0 Å². The molecular formula is C9H14N2O. The van der Waals surface area contributed by atoms with E-state index in [4.69, 9.17) is 4.42 Å². The molecule has 0 unspecified atom stereocenters. The van der Waals surface area contributed by atoms with Gasteiger partial charge in [0.05, 0.1) is 12.7 Å². The van der Waals surface area contributed by atoms with Gasteiger partial charge in [-0.3, -0.25) is 0 Å². The molecule has 0 amide bonds. The number of rotatable bonds is 5. The van der Waals surface area contributed by atoms with Crippen LogP contribution in [0.2, 0.25) is 0 Å². The molecule has 0 aliphatic heterocycles. The average Bonchev–Trinajstić information content (AvgIpc) is 2.57. The zero-order chi connectivity index (χ0) is 8.65. The number of aromatic nitrogens is 1. The van der Waals surface area contributed by atoms with Gasteiger partial charge in [0.15, 0.2) is 6.39 Å². The fourth-order valence-corrected chi connectivity index (χ4v) is 0.893. The Morgan fingerprint density at radius 3 is 3.25 bits per heavy atom. The summed E-state index contributed by atoms with van der Waals surface area (Å²) in [7, 11) is 0. The van der Waals surface area contributed by atoms with Crippen LogP contribution in [0.3, 0.4) is 0 Å². The highest BCUT2D eigenvalue weighted by atomic mass is 16.3. The van der Waals surface area contributed by atoms with Crippen molar-refractivity contribution in [2.45, 2.75) is 19.9 Å². The third-order valence-corrected chi connectivity index (χ3v) is 1.51. The second-order valence-electron chi connectivity index (χ2n) is 2.50. The van der Waals surface area contributed by atoms with Gasteiger partial charge in [-0.15, -0.1) is 0 Å².